The summed E-state index contributed by atoms with van der Waals surface area (Å²) in [7, 11) is 0. The summed E-state index contributed by atoms with van der Waals surface area (Å²) < 4.78 is 12.9. The highest BCUT2D eigenvalue weighted by molar-refractivity contribution is 6.15. The van der Waals surface area contributed by atoms with Crippen molar-refractivity contribution < 1.29 is 8.83 Å². The molecule has 212 valence electrons. The van der Waals surface area contributed by atoms with Gasteiger partial charge in [0.25, 0.3) is 0 Å². The molecule has 4 heteroatoms. The fraction of sp³-hybridized carbons (Fsp3) is 0. The molecule has 2 aromatic heterocycles. The summed E-state index contributed by atoms with van der Waals surface area (Å²) in [6.45, 7) is 0. The first kappa shape index (κ1) is 25.4. The summed E-state index contributed by atoms with van der Waals surface area (Å²) in [5.41, 5.74) is 9.58. The Kier molecular flexibility index (Phi) is 5.78. The van der Waals surface area contributed by atoms with Gasteiger partial charge in [0.1, 0.15) is 16.7 Å². The monoisotopic (exact) mass is 578 g/mol. The van der Waals surface area contributed by atoms with Crippen molar-refractivity contribution in [1.29, 1.82) is 0 Å². The van der Waals surface area contributed by atoms with Crippen LogP contribution in [0.1, 0.15) is 0 Å². The van der Waals surface area contributed by atoms with Gasteiger partial charge in [-0.2, -0.15) is 0 Å². The maximum Gasteiger partial charge on any atom is 0.227 e. The molecule has 45 heavy (non-hydrogen) atoms. The number of oxazole rings is 1. The highest BCUT2D eigenvalue weighted by Crippen LogP contribution is 2.41. The van der Waals surface area contributed by atoms with Gasteiger partial charge in [-0.25, -0.2) is 4.98 Å². The molecule has 0 amide bonds. The highest BCUT2D eigenvalue weighted by Gasteiger charge is 2.18. The van der Waals surface area contributed by atoms with Crippen molar-refractivity contribution in [3.05, 3.63) is 158 Å². The van der Waals surface area contributed by atoms with Crippen molar-refractivity contribution in [2.45, 2.75) is 0 Å². The number of nitrogens with zero attached hydrogens (tertiary/aromatic N) is 2. The maximum atomic E-state index is 6.54. The quantitative estimate of drug-likeness (QED) is 0.204. The van der Waals surface area contributed by atoms with E-state index in [9.17, 15) is 0 Å². The molecule has 0 radical (unpaired) electrons. The predicted molar refractivity (Wildman–Crippen MR) is 184 cm³/mol. The van der Waals surface area contributed by atoms with E-state index in [0.29, 0.717) is 5.89 Å². The van der Waals surface area contributed by atoms with Crippen molar-refractivity contribution in [3.8, 4) is 22.6 Å². The molecule has 2 heterocycles. The summed E-state index contributed by atoms with van der Waals surface area (Å²) >= 11 is 0. The molecule has 0 saturated heterocycles. The van der Waals surface area contributed by atoms with Crippen LogP contribution in [0.2, 0.25) is 0 Å². The molecule has 0 aliphatic carbocycles. The third-order valence-corrected chi connectivity index (χ3v) is 8.49. The molecule has 0 bridgehead atoms. The average molecular weight is 579 g/mol. The van der Waals surface area contributed by atoms with Crippen molar-refractivity contribution in [1.82, 2.24) is 4.98 Å². The summed E-state index contributed by atoms with van der Waals surface area (Å²) in [5.74, 6) is 0.624. The lowest BCUT2D eigenvalue weighted by Crippen LogP contribution is -2.09. The number of para-hydroxylation sites is 2. The van der Waals surface area contributed by atoms with Crippen molar-refractivity contribution in [2.75, 3.05) is 4.90 Å². The smallest absolute Gasteiger partial charge is 0.227 e. The number of hydrogen-bond donors (Lipinski definition) is 0. The van der Waals surface area contributed by atoms with E-state index in [2.05, 4.69) is 114 Å². The average Bonchev–Trinajstić information content (AvgIpc) is 3.72. The van der Waals surface area contributed by atoms with Gasteiger partial charge in [0.2, 0.25) is 5.89 Å². The van der Waals surface area contributed by atoms with Gasteiger partial charge in [-0.3, -0.25) is 0 Å². The lowest BCUT2D eigenvalue weighted by atomic mass is 10.0. The number of furan rings is 1. The Hall–Kier alpha value is -6.13. The van der Waals surface area contributed by atoms with Crippen LogP contribution in [-0.4, -0.2) is 4.98 Å². The van der Waals surface area contributed by atoms with Gasteiger partial charge >= 0.3 is 0 Å². The number of fused-ring (bicyclic) bond motifs is 6. The molecule has 0 aliphatic rings. The second-order valence-corrected chi connectivity index (χ2v) is 11.2. The van der Waals surface area contributed by atoms with E-state index in [1.165, 1.54) is 5.39 Å². The maximum absolute atomic E-state index is 6.54. The standard InChI is InChI=1S/C41H26N2O2/c1-3-11-29(12-4-1)41-42-37-17-9-16-34(40(37)45-41)28-18-21-31(22-19-28)43(30-13-5-2-6-14-30)32-23-25-35-36-24-20-27-10-7-8-15-33(27)39(36)44-38(35)26-32/h1-26H. The number of anilines is 3. The van der Waals surface area contributed by atoms with Gasteiger partial charge in [0.15, 0.2) is 5.58 Å². The van der Waals surface area contributed by atoms with Crippen LogP contribution >= 0.6 is 0 Å². The Labute approximate surface area is 259 Å². The predicted octanol–water partition coefficient (Wildman–Crippen LogP) is 11.7. The molecule has 4 nitrogen and oxygen atoms in total. The molecular weight excluding hydrogens is 552 g/mol. The minimum atomic E-state index is 0.624. The molecule has 0 spiro atoms. The largest absolute Gasteiger partial charge is 0.455 e. The van der Waals surface area contributed by atoms with Crippen LogP contribution in [0.25, 0.3) is 66.4 Å². The van der Waals surface area contributed by atoms with E-state index in [1.807, 2.05) is 48.5 Å². The first-order valence-electron chi connectivity index (χ1n) is 15.0. The zero-order valence-electron chi connectivity index (χ0n) is 24.2. The van der Waals surface area contributed by atoms with Crippen LogP contribution in [-0.2, 0) is 0 Å². The normalized spacial score (nSPS) is 11.6. The lowest BCUT2D eigenvalue weighted by Gasteiger charge is -2.25. The molecule has 9 rings (SSSR count). The van der Waals surface area contributed by atoms with Gasteiger partial charge in [0.05, 0.1) is 0 Å². The van der Waals surface area contributed by atoms with Gasteiger partial charge < -0.3 is 13.7 Å². The van der Waals surface area contributed by atoms with E-state index in [-0.39, 0.29) is 0 Å². The van der Waals surface area contributed by atoms with E-state index in [1.54, 1.807) is 0 Å². The number of aromatic nitrogens is 1. The second kappa shape index (κ2) is 10.2. The Morgan fingerprint density at radius 1 is 0.444 bits per heavy atom. The molecule has 0 unspecified atom stereocenters. The minimum Gasteiger partial charge on any atom is -0.455 e. The highest BCUT2D eigenvalue weighted by atomic mass is 16.3. The summed E-state index contributed by atoms with van der Waals surface area (Å²) in [6.07, 6.45) is 0. The molecule has 0 aliphatic heterocycles. The van der Waals surface area contributed by atoms with E-state index >= 15 is 0 Å². The van der Waals surface area contributed by atoms with Crippen LogP contribution in [0.15, 0.2) is 167 Å². The number of rotatable bonds is 5. The first-order chi connectivity index (χ1) is 22.3. The van der Waals surface area contributed by atoms with Crippen molar-refractivity contribution in [3.63, 3.8) is 0 Å². The molecule has 9 aromatic rings. The van der Waals surface area contributed by atoms with Gasteiger partial charge in [-0.05, 0) is 71.6 Å². The summed E-state index contributed by atoms with van der Waals surface area (Å²) in [5, 5.41) is 4.54. The second-order valence-electron chi connectivity index (χ2n) is 11.2. The lowest BCUT2D eigenvalue weighted by molar-refractivity contribution is 0.621. The molecular formula is C41H26N2O2. The molecule has 0 atom stereocenters. The Bertz CT molecular complexity index is 2480. The fourth-order valence-electron chi connectivity index (χ4n) is 6.33. The Morgan fingerprint density at radius 3 is 2.00 bits per heavy atom. The van der Waals surface area contributed by atoms with Crippen LogP contribution in [0, 0.1) is 0 Å². The van der Waals surface area contributed by atoms with E-state index in [4.69, 9.17) is 13.8 Å². The van der Waals surface area contributed by atoms with Crippen LogP contribution in [0.5, 0.6) is 0 Å². The first-order valence-corrected chi connectivity index (χ1v) is 15.0. The summed E-state index contributed by atoms with van der Waals surface area (Å²) in [4.78, 5) is 7.03. The van der Waals surface area contributed by atoms with Crippen LogP contribution < -0.4 is 4.90 Å². The third-order valence-electron chi connectivity index (χ3n) is 8.49. The van der Waals surface area contributed by atoms with E-state index in [0.717, 1.165) is 72.2 Å². The molecule has 7 aromatic carbocycles. The summed E-state index contributed by atoms with van der Waals surface area (Å²) in [6, 6.07) is 54.4. The molecule has 0 saturated carbocycles. The van der Waals surface area contributed by atoms with Crippen LogP contribution in [0.4, 0.5) is 17.1 Å². The Morgan fingerprint density at radius 2 is 1.16 bits per heavy atom. The van der Waals surface area contributed by atoms with E-state index < -0.39 is 0 Å². The zero-order valence-corrected chi connectivity index (χ0v) is 24.2. The molecule has 0 N–H and O–H groups in total. The fourth-order valence-corrected chi connectivity index (χ4v) is 6.33. The number of hydrogen-bond acceptors (Lipinski definition) is 4. The van der Waals surface area contributed by atoms with Gasteiger partial charge in [-0.15, -0.1) is 0 Å². The molecule has 0 fully saturated rings. The Balaban J connectivity index is 1.14. The minimum absolute atomic E-state index is 0.624. The topological polar surface area (TPSA) is 42.4 Å². The van der Waals surface area contributed by atoms with Crippen LogP contribution in [0.3, 0.4) is 0 Å². The number of benzene rings is 7. The SMILES string of the molecule is c1ccc(-c2nc3cccc(-c4ccc(N(c5ccccc5)c5ccc6c(c5)oc5c7ccccc7ccc65)cc4)c3o2)cc1. The van der Waals surface area contributed by atoms with Gasteiger partial charge in [-0.1, -0.05) is 91.0 Å². The van der Waals surface area contributed by atoms with Gasteiger partial charge in [0, 0.05) is 50.4 Å². The van der Waals surface area contributed by atoms with Crippen molar-refractivity contribution in [2.24, 2.45) is 0 Å². The van der Waals surface area contributed by atoms with Crippen molar-refractivity contribution >= 4 is 60.9 Å². The third kappa shape index (κ3) is 4.27. The zero-order chi connectivity index (χ0) is 29.7.